The van der Waals surface area contributed by atoms with Crippen LogP contribution in [0.1, 0.15) is 40.0 Å². The first-order chi connectivity index (χ1) is 5.11. The highest BCUT2D eigenvalue weighted by molar-refractivity contribution is 4.80. The average Bonchev–Trinajstić information content (AvgIpc) is 1.94. The van der Waals surface area contributed by atoms with Crippen molar-refractivity contribution < 1.29 is 0 Å². The third kappa shape index (κ3) is 2.19. The van der Waals surface area contributed by atoms with Gasteiger partial charge in [-0.25, -0.2) is 0 Å². The topological polar surface area (TPSA) is 26.0 Å². The quantitative estimate of drug-likeness (QED) is 0.618. The first kappa shape index (κ1) is 9.05. The summed E-state index contributed by atoms with van der Waals surface area (Å²) in [5, 5.41) is 0. The van der Waals surface area contributed by atoms with Gasteiger partial charge in [0.05, 0.1) is 0 Å². The Labute approximate surface area is 70.4 Å². The molecule has 3 atom stereocenters. The minimum absolute atomic E-state index is 0.477. The molecule has 0 heterocycles. The minimum atomic E-state index is 0.477. The molecule has 0 aromatic rings. The van der Waals surface area contributed by atoms with E-state index in [1.807, 2.05) is 0 Å². The Balaban J connectivity index is 2.40. The van der Waals surface area contributed by atoms with Gasteiger partial charge in [-0.15, -0.1) is 0 Å². The lowest BCUT2D eigenvalue weighted by atomic mass is 9.75. The SMILES string of the molecule is CC(C)[C@H]1CC[C@H](N)C(C)C1. The molecule has 0 bridgehead atoms. The Kier molecular flexibility index (Phi) is 2.94. The van der Waals surface area contributed by atoms with Gasteiger partial charge in [0.15, 0.2) is 0 Å². The second kappa shape index (κ2) is 3.57. The molecule has 1 unspecified atom stereocenters. The van der Waals surface area contributed by atoms with E-state index in [2.05, 4.69) is 20.8 Å². The number of nitrogens with two attached hydrogens (primary N) is 1. The summed E-state index contributed by atoms with van der Waals surface area (Å²) in [5.41, 5.74) is 5.94. The zero-order chi connectivity index (χ0) is 8.43. The summed E-state index contributed by atoms with van der Waals surface area (Å²) >= 11 is 0. The predicted molar refractivity (Wildman–Crippen MR) is 49.3 cm³/mol. The van der Waals surface area contributed by atoms with Crippen LogP contribution < -0.4 is 5.73 Å². The van der Waals surface area contributed by atoms with Crippen molar-refractivity contribution >= 4 is 0 Å². The van der Waals surface area contributed by atoms with Crippen LogP contribution in [0.4, 0.5) is 0 Å². The van der Waals surface area contributed by atoms with Gasteiger partial charge >= 0.3 is 0 Å². The van der Waals surface area contributed by atoms with E-state index >= 15 is 0 Å². The van der Waals surface area contributed by atoms with Crippen molar-refractivity contribution in [2.45, 2.75) is 46.1 Å². The fraction of sp³-hybridized carbons (Fsp3) is 1.00. The highest BCUT2D eigenvalue weighted by atomic mass is 14.7. The molecule has 0 aromatic heterocycles. The number of hydrogen-bond acceptors (Lipinski definition) is 1. The Morgan fingerprint density at radius 2 is 1.91 bits per heavy atom. The Morgan fingerprint density at radius 1 is 1.27 bits per heavy atom. The predicted octanol–water partition coefficient (Wildman–Crippen LogP) is 2.41. The third-order valence-electron chi connectivity index (χ3n) is 3.22. The third-order valence-corrected chi connectivity index (χ3v) is 3.22. The maximum atomic E-state index is 5.94. The molecule has 0 amide bonds. The smallest absolute Gasteiger partial charge is 0.00647 e. The van der Waals surface area contributed by atoms with Gasteiger partial charge in [0.1, 0.15) is 0 Å². The van der Waals surface area contributed by atoms with Crippen LogP contribution in [-0.4, -0.2) is 6.04 Å². The molecule has 1 aliphatic rings. The van der Waals surface area contributed by atoms with Crippen LogP contribution in [0.3, 0.4) is 0 Å². The van der Waals surface area contributed by atoms with E-state index in [0.717, 1.165) is 17.8 Å². The van der Waals surface area contributed by atoms with E-state index in [0.29, 0.717) is 6.04 Å². The summed E-state index contributed by atoms with van der Waals surface area (Å²) in [6, 6.07) is 0.477. The lowest BCUT2D eigenvalue weighted by Gasteiger charge is -2.33. The molecule has 0 radical (unpaired) electrons. The maximum absolute atomic E-state index is 5.94. The second-order valence-electron chi connectivity index (χ2n) is 4.46. The molecule has 0 saturated heterocycles. The van der Waals surface area contributed by atoms with Gasteiger partial charge in [-0.1, -0.05) is 20.8 Å². The first-order valence-electron chi connectivity index (χ1n) is 4.87. The van der Waals surface area contributed by atoms with Crippen molar-refractivity contribution in [1.82, 2.24) is 0 Å². The molecule has 1 saturated carbocycles. The van der Waals surface area contributed by atoms with E-state index in [1.54, 1.807) is 0 Å². The van der Waals surface area contributed by atoms with E-state index in [-0.39, 0.29) is 0 Å². The van der Waals surface area contributed by atoms with Crippen molar-refractivity contribution in [3.8, 4) is 0 Å². The van der Waals surface area contributed by atoms with Crippen molar-refractivity contribution in [2.24, 2.45) is 23.5 Å². The van der Waals surface area contributed by atoms with E-state index in [1.165, 1.54) is 19.3 Å². The van der Waals surface area contributed by atoms with Gasteiger partial charge in [-0.2, -0.15) is 0 Å². The van der Waals surface area contributed by atoms with Crippen molar-refractivity contribution in [3.05, 3.63) is 0 Å². The number of rotatable bonds is 1. The molecular weight excluding hydrogens is 134 g/mol. The van der Waals surface area contributed by atoms with Gasteiger partial charge < -0.3 is 5.73 Å². The van der Waals surface area contributed by atoms with E-state index < -0.39 is 0 Å². The molecule has 2 N–H and O–H groups in total. The Bertz CT molecular complexity index is 120. The van der Waals surface area contributed by atoms with Gasteiger partial charge in [0.25, 0.3) is 0 Å². The highest BCUT2D eigenvalue weighted by Crippen LogP contribution is 2.32. The fourth-order valence-corrected chi connectivity index (χ4v) is 2.07. The standard InChI is InChI=1S/C10H21N/c1-7(2)9-4-5-10(11)8(3)6-9/h7-10H,4-6,11H2,1-3H3/t8?,9-,10-/m0/s1. The van der Waals surface area contributed by atoms with Gasteiger partial charge in [-0.3, -0.25) is 0 Å². The minimum Gasteiger partial charge on any atom is -0.327 e. The van der Waals surface area contributed by atoms with Gasteiger partial charge in [-0.05, 0) is 37.0 Å². The highest BCUT2D eigenvalue weighted by Gasteiger charge is 2.26. The van der Waals surface area contributed by atoms with Gasteiger partial charge in [0.2, 0.25) is 0 Å². The normalized spacial score (nSPS) is 39.5. The largest absolute Gasteiger partial charge is 0.327 e. The summed E-state index contributed by atoms with van der Waals surface area (Å²) in [6.45, 7) is 6.95. The van der Waals surface area contributed by atoms with Crippen LogP contribution in [0, 0.1) is 17.8 Å². The van der Waals surface area contributed by atoms with Crippen molar-refractivity contribution in [1.29, 1.82) is 0 Å². The average molecular weight is 155 g/mol. The molecule has 1 nitrogen and oxygen atoms in total. The lowest BCUT2D eigenvalue weighted by molar-refractivity contribution is 0.202. The molecule has 0 aliphatic heterocycles. The molecule has 11 heavy (non-hydrogen) atoms. The molecule has 0 spiro atoms. The molecule has 1 fully saturated rings. The molecular formula is C10H21N. The van der Waals surface area contributed by atoms with E-state index in [9.17, 15) is 0 Å². The molecule has 1 aliphatic carbocycles. The molecule has 0 aromatic carbocycles. The summed E-state index contributed by atoms with van der Waals surface area (Å²) < 4.78 is 0. The zero-order valence-electron chi connectivity index (χ0n) is 8.01. The van der Waals surface area contributed by atoms with Crippen LogP contribution in [0.15, 0.2) is 0 Å². The maximum Gasteiger partial charge on any atom is 0.00647 e. The van der Waals surface area contributed by atoms with Crippen molar-refractivity contribution in [3.63, 3.8) is 0 Å². The van der Waals surface area contributed by atoms with Crippen LogP contribution in [0.2, 0.25) is 0 Å². The monoisotopic (exact) mass is 155 g/mol. The van der Waals surface area contributed by atoms with Gasteiger partial charge in [0, 0.05) is 6.04 Å². The summed E-state index contributed by atoms with van der Waals surface area (Å²) in [4.78, 5) is 0. The van der Waals surface area contributed by atoms with E-state index in [4.69, 9.17) is 5.73 Å². The fourth-order valence-electron chi connectivity index (χ4n) is 2.07. The summed E-state index contributed by atoms with van der Waals surface area (Å²) in [5.74, 6) is 2.53. The number of hydrogen-bond donors (Lipinski definition) is 1. The van der Waals surface area contributed by atoms with Crippen LogP contribution in [0.5, 0.6) is 0 Å². The molecule has 1 rings (SSSR count). The Hall–Kier alpha value is -0.0400. The first-order valence-corrected chi connectivity index (χ1v) is 4.87. The Morgan fingerprint density at radius 3 is 2.36 bits per heavy atom. The molecule has 1 heteroatoms. The molecule has 66 valence electrons. The van der Waals surface area contributed by atoms with Crippen LogP contribution >= 0.6 is 0 Å². The summed E-state index contributed by atoms with van der Waals surface area (Å²) in [7, 11) is 0. The van der Waals surface area contributed by atoms with Crippen LogP contribution in [0.25, 0.3) is 0 Å². The lowest BCUT2D eigenvalue weighted by Crippen LogP contribution is -2.35. The van der Waals surface area contributed by atoms with Crippen LogP contribution in [-0.2, 0) is 0 Å². The summed E-state index contributed by atoms with van der Waals surface area (Å²) in [6.07, 6.45) is 3.94. The zero-order valence-corrected chi connectivity index (χ0v) is 8.01. The second-order valence-corrected chi connectivity index (χ2v) is 4.46. The van der Waals surface area contributed by atoms with Crippen molar-refractivity contribution in [2.75, 3.05) is 0 Å².